The average molecular weight is 214 g/mol. The molecule has 0 radical (unpaired) electrons. The fraction of sp³-hybridized carbons (Fsp3) is 0.300. The van der Waals surface area contributed by atoms with Gasteiger partial charge in [-0.15, -0.1) is 0 Å². The van der Waals surface area contributed by atoms with E-state index in [4.69, 9.17) is 16.7 Å². The highest BCUT2D eigenvalue weighted by molar-refractivity contribution is 6.30. The van der Waals surface area contributed by atoms with Gasteiger partial charge < -0.3 is 10.4 Å². The first-order chi connectivity index (χ1) is 6.65. The molecule has 1 aromatic rings. The van der Waals surface area contributed by atoms with Crippen LogP contribution in [0.15, 0.2) is 24.3 Å². The quantitative estimate of drug-likeness (QED) is 0.801. The van der Waals surface area contributed by atoms with Crippen molar-refractivity contribution in [1.82, 2.24) is 5.32 Å². The number of aliphatic carboxylic acids is 1. The highest BCUT2D eigenvalue weighted by Gasteiger charge is 2.18. The minimum Gasteiger partial charge on any atom is -0.481 e. The van der Waals surface area contributed by atoms with E-state index >= 15 is 0 Å². The molecule has 0 unspecified atom stereocenters. The summed E-state index contributed by atoms with van der Waals surface area (Å²) >= 11 is 5.71. The van der Waals surface area contributed by atoms with E-state index in [1.807, 2.05) is 0 Å². The largest absolute Gasteiger partial charge is 0.481 e. The number of halogens is 1. The number of rotatable bonds is 4. The molecule has 0 heterocycles. The van der Waals surface area contributed by atoms with Gasteiger partial charge in [-0.25, -0.2) is 0 Å². The van der Waals surface area contributed by atoms with Gasteiger partial charge in [0.25, 0.3) is 0 Å². The molecule has 2 N–H and O–H groups in total. The smallest absolute Gasteiger partial charge is 0.312 e. The number of nitrogens with one attached hydrogen (secondary N) is 1. The average Bonchev–Trinajstić information content (AvgIpc) is 2.15. The maximum absolute atomic E-state index is 10.9. The third-order valence-electron chi connectivity index (χ3n) is 1.98. The van der Waals surface area contributed by atoms with Crippen LogP contribution in [0.5, 0.6) is 0 Å². The molecule has 0 aliphatic rings. The standard InChI is InChI=1S/C10H12ClNO2/c1-12-6-9(10(13)14)7-2-4-8(11)5-3-7/h2-5,9,12H,6H2,1H3,(H,13,14)/t9-/m1/s1. The second-order valence-corrected chi connectivity index (χ2v) is 3.44. The molecular formula is C10H12ClNO2. The first-order valence-electron chi connectivity index (χ1n) is 4.28. The first kappa shape index (κ1) is 11.0. The van der Waals surface area contributed by atoms with Crippen molar-refractivity contribution in [2.75, 3.05) is 13.6 Å². The van der Waals surface area contributed by atoms with Crippen LogP contribution in [0.1, 0.15) is 11.5 Å². The summed E-state index contributed by atoms with van der Waals surface area (Å²) in [4.78, 5) is 10.9. The van der Waals surface area contributed by atoms with Crippen LogP contribution in [0.3, 0.4) is 0 Å². The Balaban J connectivity index is 2.87. The number of carboxylic acids is 1. The predicted molar refractivity (Wildman–Crippen MR) is 55.8 cm³/mol. The SMILES string of the molecule is CNC[C@@H](C(=O)O)c1ccc(Cl)cc1. The van der Waals surface area contributed by atoms with E-state index in [1.54, 1.807) is 31.3 Å². The lowest BCUT2D eigenvalue weighted by Crippen LogP contribution is -2.23. The predicted octanol–water partition coefficient (Wildman–Crippen LogP) is 1.73. The Labute approximate surface area is 87.7 Å². The number of hydrogen-bond donors (Lipinski definition) is 2. The van der Waals surface area contributed by atoms with Crippen molar-refractivity contribution in [1.29, 1.82) is 0 Å². The van der Waals surface area contributed by atoms with Crippen LogP contribution in [0, 0.1) is 0 Å². The minimum atomic E-state index is -0.832. The maximum Gasteiger partial charge on any atom is 0.312 e. The highest BCUT2D eigenvalue weighted by Crippen LogP contribution is 2.18. The molecule has 3 nitrogen and oxygen atoms in total. The van der Waals surface area contributed by atoms with Crippen LogP contribution in [-0.2, 0) is 4.79 Å². The lowest BCUT2D eigenvalue weighted by molar-refractivity contribution is -0.138. The lowest BCUT2D eigenvalue weighted by atomic mass is 9.99. The lowest BCUT2D eigenvalue weighted by Gasteiger charge is -2.11. The first-order valence-corrected chi connectivity index (χ1v) is 4.66. The minimum absolute atomic E-state index is 0.414. The Morgan fingerprint density at radius 1 is 1.50 bits per heavy atom. The molecule has 1 atom stereocenters. The monoisotopic (exact) mass is 213 g/mol. The summed E-state index contributed by atoms with van der Waals surface area (Å²) in [6, 6.07) is 6.86. The van der Waals surface area contributed by atoms with Crippen molar-refractivity contribution >= 4 is 17.6 Å². The molecule has 0 aliphatic heterocycles. The van der Waals surface area contributed by atoms with Gasteiger partial charge >= 0.3 is 5.97 Å². The van der Waals surface area contributed by atoms with E-state index in [1.165, 1.54) is 0 Å². The molecule has 0 spiro atoms. The van der Waals surface area contributed by atoms with E-state index < -0.39 is 11.9 Å². The Morgan fingerprint density at radius 2 is 2.07 bits per heavy atom. The third-order valence-corrected chi connectivity index (χ3v) is 2.23. The second-order valence-electron chi connectivity index (χ2n) is 3.00. The summed E-state index contributed by atoms with van der Waals surface area (Å²) in [7, 11) is 1.73. The summed E-state index contributed by atoms with van der Waals surface area (Å²) in [6.07, 6.45) is 0. The van der Waals surface area contributed by atoms with Gasteiger partial charge in [0.1, 0.15) is 0 Å². The van der Waals surface area contributed by atoms with Gasteiger partial charge in [-0.05, 0) is 24.7 Å². The van der Waals surface area contributed by atoms with Crippen LogP contribution in [0.4, 0.5) is 0 Å². The summed E-state index contributed by atoms with van der Waals surface area (Å²) in [5, 5.41) is 12.4. The molecule has 0 aliphatic carbocycles. The van der Waals surface area contributed by atoms with Crippen molar-refractivity contribution in [2.45, 2.75) is 5.92 Å². The van der Waals surface area contributed by atoms with Gasteiger partial charge in [-0.3, -0.25) is 4.79 Å². The zero-order valence-electron chi connectivity index (χ0n) is 7.83. The maximum atomic E-state index is 10.9. The Hall–Kier alpha value is -1.06. The molecule has 1 rings (SSSR count). The summed E-state index contributed by atoms with van der Waals surface area (Å²) in [5.41, 5.74) is 0.760. The van der Waals surface area contributed by atoms with Crippen LogP contribution in [0.25, 0.3) is 0 Å². The Morgan fingerprint density at radius 3 is 2.50 bits per heavy atom. The van der Waals surface area contributed by atoms with Gasteiger partial charge in [-0.1, -0.05) is 23.7 Å². The number of carbonyl (C=O) groups is 1. The third kappa shape index (κ3) is 2.72. The fourth-order valence-corrected chi connectivity index (χ4v) is 1.37. The topological polar surface area (TPSA) is 49.3 Å². The summed E-state index contributed by atoms with van der Waals surface area (Å²) < 4.78 is 0. The van der Waals surface area contributed by atoms with E-state index in [0.717, 1.165) is 5.56 Å². The molecule has 0 amide bonds. The number of carboxylic acid groups (broad SMARTS) is 1. The van der Waals surface area contributed by atoms with E-state index in [0.29, 0.717) is 11.6 Å². The fourth-order valence-electron chi connectivity index (χ4n) is 1.25. The second kappa shape index (κ2) is 4.98. The van der Waals surface area contributed by atoms with Crippen molar-refractivity contribution in [3.8, 4) is 0 Å². The molecule has 1 aromatic carbocycles. The number of hydrogen-bond acceptors (Lipinski definition) is 2. The summed E-state index contributed by atoms with van der Waals surface area (Å²) in [5.74, 6) is -1.35. The van der Waals surface area contributed by atoms with Gasteiger partial charge in [0, 0.05) is 11.6 Å². The van der Waals surface area contributed by atoms with Crippen molar-refractivity contribution < 1.29 is 9.90 Å². The van der Waals surface area contributed by atoms with Crippen LogP contribution < -0.4 is 5.32 Å². The summed E-state index contributed by atoms with van der Waals surface area (Å²) in [6.45, 7) is 0.414. The van der Waals surface area contributed by atoms with Crippen molar-refractivity contribution in [3.63, 3.8) is 0 Å². The van der Waals surface area contributed by atoms with E-state index in [-0.39, 0.29) is 0 Å². The molecule has 4 heteroatoms. The highest BCUT2D eigenvalue weighted by atomic mass is 35.5. The van der Waals surface area contributed by atoms with Crippen LogP contribution in [-0.4, -0.2) is 24.7 Å². The zero-order chi connectivity index (χ0) is 10.6. The molecule has 0 aromatic heterocycles. The molecule has 0 fully saturated rings. The zero-order valence-corrected chi connectivity index (χ0v) is 8.58. The van der Waals surface area contributed by atoms with Gasteiger partial charge in [0.15, 0.2) is 0 Å². The van der Waals surface area contributed by atoms with E-state index in [9.17, 15) is 4.79 Å². The van der Waals surface area contributed by atoms with Gasteiger partial charge in [0.2, 0.25) is 0 Å². The van der Waals surface area contributed by atoms with Crippen LogP contribution in [0.2, 0.25) is 5.02 Å². The molecule has 0 saturated heterocycles. The number of benzene rings is 1. The normalized spacial score (nSPS) is 12.4. The molecule has 0 bridgehead atoms. The van der Waals surface area contributed by atoms with E-state index in [2.05, 4.69) is 5.32 Å². The molecular weight excluding hydrogens is 202 g/mol. The molecule has 76 valence electrons. The Kier molecular flexibility index (Phi) is 3.92. The van der Waals surface area contributed by atoms with Gasteiger partial charge in [-0.2, -0.15) is 0 Å². The number of likely N-dealkylation sites (N-methyl/N-ethyl adjacent to an activating group) is 1. The Bertz CT molecular complexity index is 310. The van der Waals surface area contributed by atoms with Crippen molar-refractivity contribution in [3.05, 3.63) is 34.9 Å². The molecule has 14 heavy (non-hydrogen) atoms. The van der Waals surface area contributed by atoms with Crippen LogP contribution >= 0.6 is 11.6 Å². The van der Waals surface area contributed by atoms with Crippen molar-refractivity contribution in [2.24, 2.45) is 0 Å². The molecule has 0 saturated carbocycles. The van der Waals surface area contributed by atoms with Gasteiger partial charge in [0.05, 0.1) is 5.92 Å².